The van der Waals surface area contributed by atoms with Gasteiger partial charge >= 0.3 is 11.7 Å². The molecule has 2 amide bonds. The first-order valence-electron chi connectivity index (χ1n) is 9.38. The standard InChI is InChI=1S/C20H24N2O9/c1-9(23)22-13-7-10-5-6-11(8-12(10)17(25)29-13)28-18-14(24)15(30-19(21)26)16(27-4)20(2,3)31-18/h5-8,14-16,18,24H,1-4H3,(H2,21,26)(H,22,23)/t14?,15-,16-,18-/m1/s1. The first-order chi connectivity index (χ1) is 14.5. The fourth-order valence-electron chi connectivity index (χ4n) is 3.55. The smallest absolute Gasteiger partial charge is 0.404 e. The number of carbonyl (C=O) groups is 2. The van der Waals surface area contributed by atoms with Crippen LogP contribution in [0, 0.1) is 0 Å². The molecule has 1 aromatic heterocycles. The number of rotatable bonds is 5. The predicted molar refractivity (Wildman–Crippen MR) is 108 cm³/mol. The Morgan fingerprint density at radius 3 is 2.58 bits per heavy atom. The minimum atomic E-state index is -1.43. The Hall–Kier alpha value is -3.15. The van der Waals surface area contributed by atoms with Crippen LogP contribution in [0.4, 0.5) is 10.7 Å². The van der Waals surface area contributed by atoms with Crippen LogP contribution >= 0.6 is 0 Å². The molecule has 1 aliphatic rings. The summed E-state index contributed by atoms with van der Waals surface area (Å²) in [5.41, 5.74) is 3.43. The number of benzene rings is 1. The van der Waals surface area contributed by atoms with Crippen LogP contribution < -0.4 is 21.4 Å². The van der Waals surface area contributed by atoms with Gasteiger partial charge in [-0.3, -0.25) is 10.1 Å². The van der Waals surface area contributed by atoms with E-state index in [1.807, 2.05) is 0 Å². The van der Waals surface area contributed by atoms with Gasteiger partial charge in [-0.15, -0.1) is 0 Å². The first kappa shape index (κ1) is 22.5. The normalized spacial score (nSPS) is 25.1. The Balaban J connectivity index is 1.89. The van der Waals surface area contributed by atoms with E-state index in [9.17, 15) is 19.5 Å². The second kappa shape index (κ2) is 8.53. The van der Waals surface area contributed by atoms with Crippen molar-refractivity contribution in [2.45, 2.75) is 51.0 Å². The molecular weight excluding hydrogens is 412 g/mol. The predicted octanol–water partition coefficient (Wildman–Crippen LogP) is 1.10. The van der Waals surface area contributed by atoms with Crippen molar-refractivity contribution in [2.24, 2.45) is 5.73 Å². The SMILES string of the molecule is CO[C@@H]1[C@H](OC(N)=O)C(O)[C@H](Oc2ccc3cc(NC(C)=O)oc(=O)c3c2)OC1(C)C. The number of fused-ring (bicyclic) bond motifs is 1. The van der Waals surface area contributed by atoms with Gasteiger partial charge in [0.2, 0.25) is 18.1 Å². The van der Waals surface area contributed by atoms with Crippen LogP contribution in [0.5, 0.6) is 5.75 Å². The summed E-state index contributed by atoms with van der Waals surface area (Å²) in [6, 6.07) is 6.04. The fourth-order valence-corrected chi connectivity index (χ4v) is 3.55. The number of nitrogens with one attached hydrogen (secondary N) is 1. The third kappa shape index (κ3) is 4.79. The number of aliphatic hydroxyl groups excluding tert-OH is 1. The molecule has 4 N–H and O–H groups in total. The second-order valence-electron chi connectivity index (χ2n) is 7.58. The number of hydrogen-bond donors (Lipinski definition) is 3. The molecule has 2 aromatic rings. The van der Waals surface area contributed by atoms with Gasteiger partial charge in [0.25, 0.3) is 0 Å². The van der Waals surface area contributed by atoms with Gasteiger partial charge in [-0.05, 0) is 31.4 Å². The zero-order chi connectivity index (χ0) is 22.9. The Morgan fingerprint density at radius 2 is 1.97 bits per heavy atom. The Labute approximate surface area is 177 Å². The van der Waals surface area contributed by atoms with E-state index < -0.39 is 41.9 Å². The van der Waals surface area contributed by atoms with Crippen LogP contribution in [0.3, 0.4) is 0 Å². The highest BCUT2D eigenvalue weighted by atomic mass is 16.7. The van der Waals surface area contributed by atoms with E-state index in [2.05, 4.69) is 5.32 Å². The lowest BCUT2D eigenvalue weighted by Crippen LogP contribution is -2.65. The number of carbonyl (C=O) groups excluding carboxylic acids is 2. The minimum absolute atomic E-state index is 0.0171. The van der Waals surface area contributed by atoms with Crippen molar-refractivity contribution >= 4 is 28.7 Å². The molecule has 11 heteroatoms. The maximum absolute atomic E-state index is 12.3. The second-order valence-corrected chi connectivity index (χ2v) is 7.58. The molecule has 2 heterocycles. The van der Waals surface area contributed by atoms with Crippen molar-refractivity contribution in [3.63, 3.8) is 0 Å². The van der Waals surface area contributed by atoms with Crippen molar-refractivity contribution in [1.29, 1.82) is 0 Å². The van der Waals surface area contributed by atoms with Crippen LogP contribution in [0.2, 0.25) is 0 Å². The molecule has 3 rings (SSSR count). The zero-order valence-corrected chi connectivity index (χ0v) is 17.4. The van der Waals surface area contributed by atoms with Gasteiger partial charge in [-0.2, -0.15) is 0 Å². The zero-order valence-electron chi connectivity index (χ0n) is 17.4. The summed E-state index contributed by atoms with van der Waals surface area (Å²) in [7, 11) is 1.39. The van der Waals surface area contributed by atoms with E-state index in [-0.39, 0.29) is 22.9 Å². The lowest BCUT2D eigenvalue weighted by Gasteiger charge is -2.47. The monoisotopic (exact) mass is 436 g/mol. The molecule has 0 bridgehead atoms. The number of amides is 2. The topological polar surface area (TPSA) is 160 Å². The molecule has 0 spiro atoms. The molecular formula is C20H24N2O9. The summed E-state index contributed by atoms with van der Waals surface area (Å²) in [5, 5.41) is 13.8. The average molecular weight is 436 g/mol. The van der Waals surface area contributed by atoms with Gasteiger partial charge in [0.15, 0.2) is 12.2 Å². The maximum Gasteiger partial charge on any atom is 0.404 e. The maximum atomic E-state index is 12.3. The van der Waals surface area contributed by atoms with Crippen molar-refractivity contribution < 1.29 is 38.1 Å². The van der Waals surface area contributed by atoms with Gasteiger partial charge < -0.3 is 34.2 Å². The lowest BCUT2D eigenvalue weighted by atomic mass is 9.89. The first-order valence-corrected chi connectivity index (χ1v) is 9.38. The molecule has 0 radical (unpaired) electrons. The van der Waals surface area contributed by atoms with Crippen LogP contribution in [0.1, 0.15) is 20.8 Å². The largest absolute Gasteiger partial charge is 0.462 e. The molecule has 31 heavy (non-hydrogen) atoms. The highest BCUT2D eigenvalue weighted by Gasteiger charge is 2.53. The van der Waals surface area contributed by atoms with Crippen molar-refractivity contribution in [1.82, 2.24) is 0 Å². The van der Waals surface area contributed by atoms with Crippen molar-refractivity contribution in [3.05, 3.63) is 34.7 Å². The van der Waals surface area contributed by atoms with Gasteiger partial charge in [-0.1, -0.05) is 6.07 Å². The molecule has 0 saturated carbocycles. The number of nitrogens with two attached hydrogens (primary N) is 1. The van der Waals surface area contributed by atoms with E-state index in [0.717, 1.165) is 0 Å². The third-order valence-electron chi connectivity index (χ3n) is 4.81. The molecule has 1 unspecified atom stereocenters. The molecule has 0 aliphatic carbocycles. The minimum Gasteiger partial charge on any atom is -0.462 e. The Kier molecular flexibility index (Phi) is 6.20. The van der Waals surface area contributed by atoms with Crippen LogP contribution in [-0.4, -0.2) is 54.4 Å². The molecule has 1 aromatic carbocycles. The van der Waals surface area contributed by atoms with Crippen molar-refractivity contribution in [3.8, 4) is 5.75 Å². The molecule has 1 aliphatic heterocycles. The quantitative estimate of drug-likeness (QED) is 0.624. The Morgan fingerprint density at radius 1 is 1.26 bits per heavy atom. The van der Waals surface area contributed by atoms with E-state index >= 15 is 0 Å². The van der Waals surface area contributed by atoms with Crippen LogP contribution in [0.15, 0.2) is 33.5 Å². The van der Waals surface area contributed by atoms with E-state index in [1.165, 1.54) is 26.2 Å². The van der Waals surface area contributed by atoms with E-state index in [1.54, 1.807) is 26.0 Å². The molecule has 4 atom stereocenters. The molecule has 168 valence electrons. The van der Waals surface area contributed by atoms with E-state index in [4.69, 9.17) is 29.1 Å². The van der Waals surface area contributed by atoms with Crippen molar-refractivity contribution in [2.75, 3.05) is 12.4 Å². The number of methoxy groups -OCH3 is 1. The number of primary amides is 1. The fraction of sp³-hybridized carbons (Fsp3) is 0.450. The highest BCUT2D eigenvalue weighted by Crippen LogP contribution is 2.34. The highest BCUT2D eigenvalue weighted by molar-refractivity contribution is 5.90. The number of hydrogen-bond acceptors (Lipinski definition) is 9. The van der Waals surface area contributed by atoms with Gasteiger partial charge in [0, 0.05) is 20.1 Å². The summed E-state index contributed by atoms with van der Waals surface area (Å²) in [4.78, 5) is 34.8. The molecule has 11 nitrogen and oxygen atoms in total. The summed E-state index contributed by atoms with van der Waals surface area (Å²) in [6.45, 7) is 4.65. The lowest BCUT2D eigenvalue weighted by molar-refractivity contribution is -0.304. The summed E-state index contributed by atoms with van der Waals surface area (Å²) in [5.74, 6) is -0.167. The summed E-state index contributed by atoms with van der Waals surface area (Å²) >= 11 is 0. The average Bonchev–Trinajstić information content (AvgIpc) is 2.65. The number of ether oxygens (including phenoxy) is 4. The molecule has 1 fully saturated rings. The third-order valence-corrected chi connectivity index (χ3v) is 4.81. The van der Waals surface area contributed by atoms with Gasteiger partial charge in [0.1, 0.15) is 11.9 Å². The van der Waals surface area contributed by atoms with Crippen LogP contribution in [0.25, 0.3) is 10.8 Å². The van der Waals surface area contributed by atoms with Gasteiger partial charge in [-0.25, -0.2) is 9.59 Å². The summed E-state index contributed by atoms with van der Waals surface area (Å²) in [6.07, 6.45) is -5.73. The van der Waals surface area contributed by atoms with Crippen LogP contribution in [-0.2, 0) is 19.0 Å². The van der Waals surface area contributed by atoms with Gasteiger partial charge in [0.05, 0.1) is 11.0 Å². The number of anilines is 1. The van der Waals surface area contributed by atoms with E-state index in [0.29, 0.717) is 5.39 Å². The number of aliphatic hydroxyl groups is 1. The molecule has 1 saturated heterocycles. The summed E-state index contributed by atoms with van der Waals surface area (Å²) < 4.78 is 27.1. The Bertz CT molecular complexity index is 1050.